The monoisotopic (exact) mass is 344 g/mol. The fourth-order valence-corrected chi connectivity index (χ4v) is 2.33. The van der Waals surface area contributed by atoms with E-state index in [0.29, 0.717) is 0 Å². The maximum Gasteiger partial charge on any atom is 0.258 e. The van der Waals surface area contributed by atoms with E-state index in [1.807, 2.05) is 32.0 Å². The van der Waals surface area contributed by atoms with Crippen LogP contribution in [0.5, 0.6) is 5.88 Å². The van der Waals surface area contributed by atoms with Crippen molar-refractivity contribution in [3.63, 3.8) is 0 Å². The number of nitrogens with zero attached hydrogens (tertiary/aromatic N) is 2. The summed E-state index contributed by atoms with van der Waals surface area (Å²) in [5, 5.41) is 5.72. The van der Waals surface area contributed by atoms with Crippen LogP contribution in [0.4, 0.5) is 17.5 Å². The SMILES string of the molecule is COc1nc(NCC(N)=O)nc(Nc2cc(C)cc(C)c2)c1C(N)=O. The number of methoxy groups -OCH3 is 1. The highest BCUT2D eigenvalue weighted by atomic mass is 16.5. The number of benzene rings is 1. The smallest absolute Gasteiger partial charge is 0.258 e. The van der Waals surface area contributed by atoms with Crippen molar-refractivity contribution in [2.45, 2.75) is 13.8 Å². The maximum atomic E-state index is 11.8. The molecule has 1 heterocycles. The number of carbonyl (C=O) groups excluding carboxylic acids is 2. The number of carbonyl (C=O) groups is 2. The lowest BCUT2D eigenvalue weighted by molar-refractivity contribution is -0.116. The molecule has 2 aromatic rings. The first kappa shape index (κ1) is 18.0. The quantitative estimate of drug-likeness (QED) is 0.582. The summed E-state index contributed by atoms with van der Waals surface area (Å²) >= 11 is 0. The highest BCUT2D eigenvalue weighted by Crippen LogP contribution is 2.27. The van der Waals surface area contributed by atoms with E-state index >= 15 is 0 Å². The van der Waals surface area contributed by atoms with Gasteiger partial charge in [-0.1, -0.05) is 6.07 Å². The van der Waals surface area contributed by atoms with Crippen molar-refractivity contribution in [1.29, 1.82) is 0 Å². The topological polar surface area (TPSA) is 145 Å². The van der Waals surface area contributed by atoms with Crippen molar-refractivity contribution in [3.8, 4) is 5.88 Å². The predicted octanol–water partition coefficient (Wildman–Crippen LogP) is 0.842. The predicted molar refractivity (Wildman–Crippen MR) is 94.0 cm³/mol. The third-order valence-corrected chi connectivity index (χ3v) is 3.22. The number of rotatable bonds is 7. The van der Waals surface area contributed by atoms with E-state index in [-0.39, 0.29) is 29.8 Å². The summed E-state index contributed by atoms with van der Waals surface area (Å²) in [5.74, 6) is -1.10. The van der Waals surface area contributed by atoms with Gasteiger partial charge in [0.2, 0.25) is 17.7 Å². The van der Waals surface area contributed by atoms with Crippen molar-refractivity contribution >= 4 is 29.3 Å². The molecule has 2 rings (SSSR count). The summed E-state index contributed by atoms with van der Waals surface area (Å²) in [6.45, 7) is 3.74. The number of hydrogen-bond donors (Lipinski definition) is 4. The molecular formula is C16H20N6O3. The molecule has 25 heavy (non-hydrogen) atoms. The van der Waals surface area contributed by atoms with Crippen LogP contribution >= 0.6 is 0 Å². The van der Waals surface area contributed by atoms with E-state index in [0.717, 1.165) is 16.8 Å². The van der Waals surface area contributed by atoms with Crippen LogP contribution in [0.2, 0.25) is 0 Å². The van der Waals surface area contributed by atoms with Crippen LogP contribution in [0.1, 0.15) is 21.5 Å². The molecule has 0 saturated carbocycles. The fourth-order valence-electron chi connectivity index (χ4n) is 2.33. The lowest BCUT2D eigenvalue weighted by Crippen LogP contribution is -2.24. The van der Waals surface area contributed by atoms with Gasteiger partial charge in [0, 0.05) is 5.69 Å². The second-order valence-electron chi connectivity index (χ2n) is 5.47. The molecule has 0 bridgehead atoms. The van der Waals surface area contributed by atoms with Crippen LogP contribution in [0.25, 0.3) is 0 Å². The van der Waals surface area contributed by atoms with Gasteiger partial charge >= 0.3 is 0 Å². The molecule has 0 aliphatic heterocycles. The normalized spacial score (nSPS) is 10.2. The summed E-state index contributed by atoms with van der Waals surface area (Å²) < 4.78 is 5.13. The van der Waals surface area contributed by atoms with Crippen LogP contribution in [0.3, 0.4) is 0 Å². The fraction of sp³-hybridized carbons (Fsp3) is 0.250. The number of hydrogen-bond acceptors (Lipinski definition) is 7. The average Bonchev–Trinajstić information content (AvgIpc) is 2.50. The first-order valence-electron chi connectivity index (χ1n) is 7.43. The summed E-state index contributed by atoms with van der Waals surface area (Å²) in [5.41, 5.74) is 13.4. The number of aromatic nitrogens is 2. The zero-order valence-electron chi connectivity index (χ0n) is 14.2. The van der Waals surface area contributed by atoms with Crippen LogP contribution in [0, 0.1) is 13.8 Å². The minimum absolute atomic E-state index is 0.00582. The van der Waals surface area contributed by atoms with Gasteiger partial charge in [-0.3, -0.25) is 9.59 Å². The molecule has 1 aromatic carbocycles. The lowest BCUT2D eigenvalue weighted by atomic mass is 10.1. The molecule has 132 valence electrons. The minimum Gasteiger partial charge on any atom is -0.480 e. The van der Waals surface area contributed by atoms with E-state index in [9.17, 15) is 9.59 Å². The van der Waals surface area contributed by atoms with E-state index < -0.39 is 11.8 Å². The highest BCUT2D eigenvalue weighted by molar-refractivity contribution is 6.00. The lowest BCUT2D eigenvalue weighted by Gasteiger charge is -2.14. The van der Waals surface area contributed by atoms with Crippen molar-refractivity contribution < 1.29 is 14.3 Å². The van der Waals surface area contributed by atoms with Gasteiger partial charge in [0.1, 0.15) is 5.56 Å². The number of nitrogens with two attached hydrogens (primary N) is 2. The highest BCUT2D eigenvalue weighted by Gasteiger charge is 2.20. The molecule has 0 atom stereocenters. The Labute approximate surface area is 144 Å². The molecule has 9 heteroatoms. The molecule has 6 N–H and O–H groups in total. The second kappa shape index (κ2) is 7.47. The molecule has 9 nitrogen and oxygen atoms in total. The van der Waals surface area contributed by atoms with Gasteiger partial charge in [-0.05, 0) is 37.1 Å². The van der Waals surface area contributed by atoms with Gasteiger partial charge in [0.05, 0.1) is 13.7 Å². The number of aryl methyl sites for hydroxylation is 2. The molecule has 0 fully saturated rings. The van der Waals surface area contributed by atoms with Crippen molar-refractivity contribution in [3.05, 3.63) is 34.9 Å². The van der Waals surface area contributed by atoms with E-state index in [4.69, 9.17) is 16.2 Å². The van der Waals surface area contributed by atoms with E-state index in [1.165, 1.54) is 7.11 Å². The number of primary amides is 2. The first-order valence-corrected chi connectivity index (χ1v) is 7.43. The third kappa shape index (κ3) is 4.56. The number of anilines is 3. The van der Waals surface area contributed by atoms with Crippen LogP contribution < -0.4 is 26.8 Å². The van der Waals surface area contributed by atoms with Gasteiger partial charge in [0.25, 0.3) is 5.91 Å². The summed E-state index contributed by atoms with van der Waals surface area (Å²) in [4.78, 5) is 31.0. The van der Waals surface area contributed by atoms with Gasteiger partial charge in [0.15, 0.2) is 5.82 Å². The Hall–Kier alpha value is -3.36. The molecule has 0 aliphatic carbocycles. The van der Waals surface area contributed by atoms with Gasteiger partial charge in [-0.2, -0.15) is 9.97 Å². The Morgan fingerprint density at radius 1 is 1.12 bits per heavy atom. The third-order valence-electron chi connectivity index (χ3n) is 3.22. The van der Waals surface area contributed by atoms with Crippen molar-refractivity contribution in [2.24, 2.45) is 11.5 Å². The summed E-state index contributed by atoms with van der Waals surface area (Å²) in [6.07, 6.45) is 0. The largest absolute Gasteiger partial charge is 0.480 e. The molecular weight excluding hydrogens is 324 g/mol. The van der Waals surface area contributed by atoms with Crippen LogP contribution in [-0.2, 0) is 4.79 Å². The van der Waals surface area contributed by atoms with E-state index in [2.05, 4.69) is 20.6 Å². The maximum absolute atomic E-state index is 11.8. The molecule has 0 spiro atoms. The zero-order valence-corrected chi connectivity index (χ0v) is 14.2. The van der Waals surface area contributed by atoms with Crippen molar-refractivity contribution in [2.75, 3.05) is 24.3 Å². The minimum atomic E-state index is -0.745. The molecule has 0 radical (unpaired) electrons. The number of amides is 2. The Morgan fingerprint density at radius 3 is 2.28 bits per heavy atom. The van der Waals surface area contributed by atoms with Crippen LogP contribution in [0.15, 0.2) is 18.2 Å². The van der Waals surface area contributed by atoms with Crippen molar-refractivity contribution in [1.82, 2.24) is 9.97 Å². The average molecular weight is 344 g/mol. The number of nitrogens with one attached hydrogen (secondary N) is 2. The van der Waals surface area contributed by atoms with Gasteiger partial charge in [-0.25, -0.2) is 0 Å². The summed E-state index contributed by atoms with van der Waals surface area (Å²) in [6, 6.07) is 5.80. The molecule has 1 aromatic heterocycles. The van der Waals surface area contributed by atoms with Gasteiger partial charge in [-0.15, -0.1) is 0 Å². The van der Waals surface area contributed by atoms with Gasteiger partial charge < -0.3 is 26.8 Å². The number of ether oxygens (including phenoxy) is 1. The Bertz CT molecular complexity index is 802. The standard InChI is InChI=1S/C16H20N6O3/c1-8-4-9(2)6-10(5-8)20-14-12(13(18)24)15(25-3)22-16(21-14)19-7-11(17)23/h4-6H,7H2,1-3H3,(H2,17,23)(H2,18,24)(H2,19,20,21,22). The summed E-state index contributed by atoms with van der Waals surface area (Å²) in [7, 11) is 1.35. The second-order valence-corrected chi connectivity index (χ2v) is 5.47. The zero-order chi connectivity index (χ0) is 18.6. The molecule has 0 unspecified atom stereocenters. The Balaban J connectivity index is 2.49. The molecule has 0 saturated heterocycles. The Kier molecular flexibility index (Phi) is 5.38. The molecule has 0 aliphatic rings. The molecule has 2 amide bonds. The first-order chi connectivity index (χ1) is 11.8. The van der Waals surface area contributed by atoms with Crippen LogP contribution in [-0.4, -0.2) is 35.4 Å². The van der Waals surface area contributed by atoms with E-state index in [1.54, 1.807) is 0 Å². The Morgan fingerprint density at radius 2 is 1.76 bits per heavy atom.